The molecule has 0 saturated heterocycles. The van der Waals surface area contributed by atoms with Crippen molar-refractivity contribution in [1.82, 2.24) is 0 Å². The Morgan fingerprint density at radius 3 is 2.18 bits per heavy atom. The zero-order chi connectivity index (χ0) is 8.70. The van der Waals surface area contributed by atoms with E-state index in [9.17, 15) is 8.78 Å². The summed E-state index contributed by atoms with van der Waals surface area (Å²) in [6.07, 6.45) is 1.65. The molecule has 0 fully saturated rings. The van der Waals surface area contributed by atoms with Gasteiger partial charge in [0.15, 0.2) is 0 Å². The molecule has 1 aliphatic heterocycles. The molecule has 0 N–H and O–H groups in total. The third kappa shape index (κ3) is 1.34. The summed E-state index contributed by atoms with van der Waals surface area (Å²) in [5.74, 6) is -4.59. The molecule has 0 bridgehead atoms. The lowest BCUT2D eigenvalue weighted by Gasteiger charge is -2.21. The number of rotatable bonds is 0. The summed E-state index contributed by atoms with van der Waals surface area (Å²) < 4.78 is 30.8. The number of hydrogen-bond acceptors (Lipinski definition) is 3. The summed E-state index contributed by atoms with van der Waals surface area (Å²) in [5, 5.41) is 0.0556. The van der Waals surface area contributed by atoms with E-state index in [2.05, 4.69) is 9.73 Å². The summed E-state index contributed by atoms with van der Waals surface area (Å²) >= 11 is 1.08. The standard InChI is InChI=1S/C6H9F2NOS/c1-5(7)6(2,8)10-4(9-5)11-3/h1-3H3/t5-,6-/m1/s1. The number of ether oxygens (including phenoxy) is 1. The fourth-order valence-electron chi connectivity index (χ4n) is 0.639. The Kier molecular flexibility index (Phi) is 1.86. The molecule has 2 atom stereocenters. The highest BCUT2D eigenvalue weighted by atomic mass is 32.2. The summed E-state index contributed by atoms with van der Waals surface area (Å²) in [4.78, 5) is 3.41. The molecule has 1 heterocycles. The zero-order valence-corrected chi connectivity index (χ0v) is 7.34. The molecule has 0 unspecified atom stereocenters. The van der Waals surface area contributed by atoms with Crippen LogP contribution >= 0.6 is 11.8 Å². The number of aliphatic imine (C=N–C) groups is 1. The van der Waals surface area contributed by atoms with Gasteiger partial charge < -0.3 is 4.74 Å². The maximum absolute atomic E-state index is 13.1. The number of thioether (sulfide) groups is 1. The van der Waals surface area contributed by atoms with E-state index in [0.717, 1.165) is 25.6 Å². The molecule has 0 amide bonds. The van der Waals surface area contributed by atoms with Crippen LogP contribution in [0.25, 0.3) is 0 Å². The van der Waals surface area contributed by atoms with Crippen molar-refractivity contribution in [2.75, 3.05) is 6.26 Å². The van der Waals surface area contributed by atoms with Crippen LogP contribution in [0.5, 0.6) is 0 Å². The van der Waals surface area contributed by atoms with Crippen LogP contribution in [0.3, 0.4) is 0 Å². The van der Waals surface area contributed by atoms with Crippen LogP contribution in [0.2, 0.25) is 0 Å². The first-order chi connectivity index (χ1) is 4.89. The van der Waals surface area contributed by atoms with Gasteiger partial charge in [0.25, 0.3) is 11.0 Å². The minimum absolute atomic E-state index is 0.0556. The summed E-state index contributed by atoms with van der Waals surface area (Å²) in [5.41, 5.74) is 0. The first kappa shape index (κ1) is 8.77. The molecular formula is C6H9F2NOS. The molecule has 0 aromatic rings. The van der Waals surface area contributed by atoms with E-state index in [1.54, 1.807) is 6.26 Å². The third-order valence-electron chi connectivity index (χ3n) is 1.57. The predicted molar refractivity (Wildman–Crippen MR) is 41.1 cm³/mol. The van der Waals surface area contributed by atoms with E-state index in [-0.39, 0.29) is 5.23 Å². The highest BCUT2D eigenvalue weighted by Crippen LogP contribution is 2.39. The van der Waals surface area contributed by atoms with Gasteiger partial charge in [-0.3, -0.25) is 0 Å². The second-order valence-electron chi connectivity index (χ2n) is 2.55. The normalized spacial score (nSPS) is 43.5. The number of halogens is 2. The Labute approximate surface area is 68.0 Å². The Hall–Kier alpha value is -0.320. The van der Waals surface area contributed by atoms with Crippen LogP contribution < -0.4 is 0 Å². The van der Waals surface area contributed by atoms with Crippen molar-refractivity contribution in [1.29, 1.82) is 0 Å². The van der Waals surface area contributed by atoms with Gasteiger partial charge in [-0.1, -0.05) is 11.8 Å². The van der Waals surface area contributed by atoms with Gasteiger partial charge in [0.05, 0.1) is 0 Å². The fourth-order valence-corrected chi connectivity index (χ4v) is 1.14. The number of nitrogens with zero attached hydrogens (tertiary/aromatic N) is 1. The minimum atomic E-state index is -2.33. The largest absolute Gasteiger partial charge is 0.430 e. The average molecular weight is 181 g/mol. The molecule has 1 rings (SSSR count). The van der Waals surface area contributed by atoms with Crippen LogP contribution in [0.1, 0.15) is 13.8 Å². The summed E-state index contributed by atoms with van der Waals surface area (Å²) in [7, 11) is 0. The molecule has 0 aromatic carbocycles. The van der Waals surface area contributed by atoms with Crippen molar-refractivity contribution in [2.45, 2.75) is 25.5 Å². The molecule has 5 heteroatoms. The van der Waals surface area contributed by atoms with E-state index >= 15 is 0 Å². The van der Waals surface area contributed by atoms with Crippen LogP contribution in [0.15, 0.2) is 4.99 Å². The van der Waals surface area contributed by atoms with Gasteiger partial charge in [-0.05, 0) is 13.2 Å². The van der Waals surface area contributed by atoms with Gasteiger partial charge in [-0.2, -0.15) is 9.38 Å². The lowest BCUT2D eigenvalue weighted by Crippen LogP contribution is -2.38. The van der Waals surface area contributed by atoms with Crippen LogP contribution in [-0.4, -0.2) is 23.1 Å². The van der Waals surface area contributed by atoms with Crippen molar-refractivity contribution in [3.05, 3.63) is 0 Å². The van der Waals surface area contributed by atoms with Gasteiger partial charge in [-0.25, -0.2) is 4.39 Å². The second-order valence-corrected chi connectivity index (χ2v) is 3.31. The van der Waals surface area contributed by atoms with Crippen molar-refractivity contribution in [2.24, 2.45) is 4.99 Å². The number of alkyl halides is 2. The molecular weight excluding hydrogens is 172 g/mol. The monoisotopic (exact) mass is 181 g/mol. The van der Waals surface area contributed by atoms with E-state index in [1.807, 2.05) is 0 Å². The van der Waals surface area contributed by atoms with Crippen molar-refractivity contribution in [3.63, 3.8) is 0 Å². The zero-order valence-electron chi connectivity index (χ0n) is 6.52. The first-order valence-electron chi connectivity index (χ1n) is 3.10. The smallest absolute Gasteiger partial charge is 0.301 e. The average Bonchev–Trinajstić information content (AvgIpc) is 2.03. The molecule has 0 saturated carbocycles. The Morgan fingerprint density at radius 2 is 2.00 bits per heavy atom. The van der Waals surface area contributed by atoms with Gasteiger partial charge in [0.2, 0.25) is 0 Å². The first-order valence-corrected chi connectivity index (χ1v) is 4.32. The van der Waals surface area contributed by atoms with Crippen LogP contribution in [-0.2, 0) is 4.74 Å². The molecule has 64 valence electrons. The SMILES string of the molecule is CSC1=N[C@@](C)(F)[C@](C)(F)O1. The molecule has 0 aliphatic carbocycles. The number of hydrogen-bond donors (Lipinski definition) is 0. The van der Waals surface area contributed by atoms with Crippen LogP contribution in [0.4, 0.5) is 8.78 Å². The Bertz CT molecular complexity index is 203. The van der Waals surface area contributed by atoms with Crippen LogP contribution in [0, 0.1) is 0 Å². The van der Waals surface area contributed by atoms with Gasteiger partial charge in [0, 0.05) is 6.92 Å². The van der Waals surface area contributed by atoms with E-state index in [0.29, 0.717) is 0 Å². The molecule has 11 heavy (non-hydrogen) atoms. The van der Waals surface area contributed by atoms with Crippen molar-refractivity contribution >= 4 is 17.0 Å². The summed E-state index contributed by atoms with van der Waals surface area (Å²) in [6.45, 7) is 2.08. The second kappa shape index (κ2) is 2.33. The minimum Gasteiger partial charge on any atom is -0.430 e. The Morgan fingerprint density at radius 1 is 1.45 bits per heavy atom. The van der Waals surface area contributed by atoms with E-state index in [1.165, 1.54) is 0 Å². The van der Waals surface area contributed by atoms with Gasteiger partial charge in [-0.15, -0.1) is 0 Å². The molecule has 0 aromatic heterocycles. The topological polar surface area (TPSA) is 21.6 Å². The van der Waals surface area contributed by atoms with Gasteiger partial charge in [0.1, 0.15) is 0 Å². The van der Waals surface area contributed by atoms with E-state index in [4.69, 9.17) is 0 Å². The fraction of sp³-hybridized carbons (Fsp3) is 0.833. The maximum atomic E-state index is 13.1. The molecule has 2 nitrogen and oxygen atoms in total. The molecule has 0 radical (unpaired) electrons. The van der Waals surface area contributed by atoms with Gasteiger partial charge >= 0.3 is 5.85 Å². The molecule has 0 spiro atoms. The molecule has 1 aliphatic rings. The Balaban J connectivity index is 2.87. The highest BCUT2D eigenvalue weighted by molar-refractivity contribution is 8.12. The lowest BCUT2D eigenvalue weighted by atomic mass is 10.1. The predicted octanol–water partition coefficient (Wildman–Crippen LogP) is 2.11. The highest BCUT2D eigenvalue weighted by Gasteiger charge is 2.54. The van der Waals surface area contributed by atoms with Crippen molar-refractivity contribution in [3.8, 4) is 0 Å². The van der Waals surface area contributed by atoms with E-state index < -0.39 is 11.6 Å². The maximum Gasteiger partial charge on any atom is 0.301 e. The quantitative estimate of drug-likeness (QED) is 0.534. The third-order valence-corrected chi connectivity index (χ3v) is 2.09. The summed E-state index contributed by atoms with van der Waals surface area (Å²) in [6, 6.07) is 0. The van der Waals surface area contributed by atoms with Crippen molar-refractivity contribution < 1.29 is 13.5 Å². The lowest BCUT2D eigenvalue weighted by molar-refractivity contribution is -0.135.